The van der Waals surface area contributed by atoms with Crippen LogP contribution in [0.2, 0.25) is 0 Å². The van der Waals surface area contributed by atoms with Crippen molar-refractivity contribution < 1.29 is 17.7 Å². The second-order valence-corrected chi connectivity index (χ2v) is 7.41. The molecule has 11 heteroatoms. The first-order valence-electron chi connectivity index (χ1n) is 7.69. The Bertz CT molecular complexity index is 920. The summed E-state index contributed by atoms with van der Waals surface area (Å²) in [5.41, 5.74) is 0.110. The van der Waals surface area contributed by atoms with Crippen molar-refractivity contribution in [2.75, 3.05) is 30.0 Å². The predicted octanol–water partition coefficient (Wildman–Crippen LogP) is 2.01. The zero-order valence-corrected chi connectivity index (χ0v) is 15.0. The lowest BCUT2D eigenvalue weighted by molar-refractivity contribution is -0.384. The molecule has 2 aromatic rings. The molecule has 0 amide bonds. The van der Waals surface area contributed by atoms with Crippen LogP contribution in [0.1, 0.15) is 12.6 Å². The molecule has 0 aliphatic rings. The van der Waals surface area contributed by atoms with Crippen molar-refractivity contribution in [1.29, 1.82) is 0 Å². The highest BCUT2D eigenvalue weighted by molar-refractivity contribution is 7.90. The summed E-state index contributed by atoms with van der Waals surface area (Å²) in [4.78, 5) is 18.0. The summed E-state index contributed by atoms with van der Waals surface area (Å²) < 4.78 is 37.0. The number of nitrogens with zero attached hydrogens (tertiary/aromatic N) is 3. The van der Waals surface area contributed by atoms with Crippen LogP contribution in [0.15, 0.2) is 29.4 Å². The van der Waals surface area contributed by atoms with E-state index in [0.29, 0.717) is 12.1 Å². The molecule has 0 atom stereocenters. The van der Waals surface area contributed by atoms with E-state index in [0.717, 1.165) is 12.3 Å². The summed E-state index contributed by atoms with van der Waals surface area (Å²) in [6, 6.07) is 3.62. The number of aromatic nitrogens is 2. The maximum absolute atomic E-state index is 14.0. The van der Waals surface area contributed by atoms with Gasteiger partial charge < -0.3 is 10.6 Å². The molecule has 0 aliphatic carbocycles. The number of nitrogens with one attached hydrogen (secondary N) is 2. The van der Waals surface area contributed by atoms with Crippen LogP contribution in [-0.4, -0.2) is 42.7 Å². The zero-order valence-electron chi connectivity index (χ0n) is 14.2. The molecule has 0 unspecified atom stereocenters. The Morgan fingerprint density at radius 1 is 1.23 bits per heavy atom. The van der Waals surface area contributed by atoms with Gasteiger partial charge in [-0.05, 0) is 18.6 Å². The first-order chi connectivity index (χ1) is 12.2. The van der Waals surface area contributed by atoms with Crippen molar-refractivity contribution in [3.63, 3.8) is 0 Å². The molecule has 0 fully saturated rings. The molecule has 0 spiro atoms. The van der Waals surface area contributed by atoms with Crippen molar-refractivity contribution in [2.45, 2.75) is 18.2 Å². The fraction of sp³-hybridized carbons (Fsp3) is 0.333. The highest BCUT2D eigenvalue weighted by Crippen LogP contribution is 2.27. The Hall–Kier alpha value is -2.82. The number of sulfone groups is 1. The highest BCUT2D eigenvalue weighted by atomic mass is 32.2. The molecule has 0 saturated carbocycles. The Balaban J connectivity index is 2.05. The van der Waals surface area contributed by atoms with Crippen molar-refractivity contribution in [3.05, 3.63) is 46.2 Å². The van der Waals surface area contributed by atoms with E-state index in [-0.39, 0.29) is 35.2 Å². The molecule has 1 aromatic heterocycles. The van der Waals surface area contributed by atoms with Crippen LogP contribution < -0.4 is 10.6 Å². The summed E-state index contributed by atoms with van der Waals surface area (Å²) in [7, 11) is -3.55. The molecule has 9 nitrogen and oxygen atoms in total. The lowest BCUT2D eigenvalue weighted by Crippen LogP contribution is -2.16. The number of benzene rings is 1. The van der Waals surface area contributed by atoms with Gasteiger partial charge in [0.15, 0.2) is 21.5 Å². The molecule has 26 heavy (non-hydrogen) atoms. The fourth-order valence-electron chi connectivity index (χ4n) is 2.20. The quantitative estimate of drug-likeness (QED) is 0.403. The van der Waals surface area contributed by atoms with Crippen LogP contribution in [0.4, 0.5) is 21.6 Å². The minimum atomic E-state index is -3.55. The van der Waals surface area contributed by atoms with Gasteiger partial charge in [-0.25, -0.2) is 22.8 Å². The van der Waals surface area contributed by atoms with E-state index in [2.05, 4.69) is 20.6 Å². The summed E-state index contributed by atoms with van der Waals surface area (Å²) in [5.74, 6) is -0.473. The Morgan fingerprint density at radius 2 is 1.92 bits per heavy atom. The minimum absolute atomic E-state index is 0.0561. The molecule has 2 N–H and O–H groups in total. The lowest BCUT2D eigenvalue weighted by atomic mass is 10.2. The number of nitro groups is 1. The monoisotopic (exact) mass is 383 g/mol. The average Bonchev–Trinajstić information content (AvgIpc) is 2.59. The van der Waals surface area contributed by atoms with Gasteiger partial charge in [0.1, 0.15) is 12.0 Å². The van der Waals surface area contributed by atoms with Crippen LogP contribution in [0.3, 0.4) is 0 Å². The van der Waals surface area contributed by atoms with Gasteiger partial charge in [-0.3, -0.25) is 10.1 Å². The smallest absolute Gasteiger partial charge is 0.293 e. The number of hydrogen-bond donors (Lipinski definition) is 2. The summed E-state index contributed by atoms with van der Waals surface area (Å²) in [6.45, 7) is 2.24. The van der Waals surface area contributed by atoms with Gasteiger partial charge in [0.25, 0.3) is 5.69 Å². The third kappa shape index (κ3) is 4.63. The number of rotatable bonds is 8. The van der Waals surface area contributed by atoms with Gasteiger partial charge in [-0.2, -0.15) is 0 Å². The van der Waals surface area contributed by atoms with Crippen molar-refractivity contribution in [1.82, 2.24) is 9.97 Å². The van der Waals surface area contributed by atoms with Crippen molar-refractivity contribution in [2.24, 2.45) is 0 Å². The molecule has 0 saturated heterocycles. The SMILES string of the molecule is CCc1ncnc(NCCNc2ccc(S(C)(=O)=O)cc2[N+](=O)[O-])c1F. The number of hydrogen-bond acceptors (Lipinski definition) is 8. The second-order valence-electron chi connectivity index (χ2n) is 5.40. The molecule has 1 heterocycles. The van der Waals surface area contributed by atoms with E-state index in [1.165, 1.54) is 18.5 Å². The molecule has 0 aliphatic heterocycles. The fourth-order valence-corrected chi connectivity index (χ4v) is 2.84. The average molecular weight is 383 g/mol. The third-order valence-corrected chi connectivity index (χ3v) is 4.63. The topological polar surface area (TPSA) is 127 Å². The summed E-state index contributed by atoms with van der Waals surface area (Å²) in [6.07, 6.45) is 2.66. The minimum Gasteiger partial charge on any atom is -0.378 e. The number of anilines is 2. The molecule has 0 radical (unpaired) electrons. The zero-order chi connectivity index (χ0) is 19.3. The van der Waals surface area contributed by atoms with Gasteiger partial charge >= 0.3 is 0 Å². The first-order valence-corrected chi connectivity index (χ1v) is 9.58. The van der Waals surface area contributed by atoms with Crippen LogP contribution in [-0.2, 0) is 16.3 Å². The lowest BCUT2D eigenvalue weighted by Gasteiger charge is -2.10. The van der Waals surface area contributed by atoms with E-state index < -0.39 is 20.6 Å². The largest absolute Gasteiger partial charge is 0.378 e. The standard InChI is InChI=1S/C15H18FN5O4S/c1-3-11-14(16)15(20-9-19-11)18-7-6-17-12-5-4-10(26(2,24)25)8-13(12)21(22)23/h4-5,8-9,17H,3,6-7H2,1-2H3,(H,18,19,20). The maximum atomic E-state index is 14.0. The van der Waals surface area contributed by atoms with Gasteiger partial charge in [0, 0.05) is 25.4 Å². The normalized spacial score (nSPS) is 11.2. The van der Waals surface area contributed by atoms with E-state index in [9.17, 15) is 22.9 Å². The van der Waals surface area contributed by atoms with Crippen LogP contribution >= 0.6 is 0 Å². The summed E-state index contributed by atoms with van der Waals surface area (Å²) >= 11 is 0. The van der Waals surface area contributed by atoms with Crippen LogP contribution in [0.25, 0.3) is 0 Å². The molecular weight excluding hydrogens is 365 g/mol. The second kappa shape index (κ2) is 8.04. The van der Waals surface area contributed by atoms with Gasteiger partial charge in [0.2, 0.25) is 0 Å². The van der Waals surface area contributed by atoms with Gasteiger partial charge in [-0.1, -0.05) is 6.92 Å². The molecule has 1 aromatic carbocycles. The first kappa shape index (κ1) is 19.5. The van der Waals surface area contributed by atoms with Gasteiger partial charge in [-0.15, -0.1) is 0 Å². The maximum Gasteiger partial charge on any atom is 0.293 e. The molecule has 140 valence electrons. The Kier molecular flexibility index (Phi) is 6.03. The van der Waals surface area contributed by atoms with Crippen molar-refractivity contribution >= 4 is 27.0 Å². The van der Waals surface area contributed by atoms with E-state index in [4.69, 9.17) is 0 Å². The Labute approximate surface area is 149 Å². The molecular formula is C15H18FN5O4S. The van der Waals surface area contributed by atoms with Crippen LogP contribution in [0, 0.1) is 15.9 Å². The number of halogens is 1. The van der Waals surface area contributed by atoms with E-state index in [1.54, 1.807) is 6.92 Å². The van der Waals surface area contributed by atoms with Crippen molar-refractivity contribution in [3.8, 4) is 0 Å². The van der Waals surface area contributed by atoms with Crippen LogP contribution in [0.5, 0.6) is 0 Å². The van der Waals surface area contributed by atoms with E-state index in [1.807, 2.05) is 0 Å². The van der Waals surface area contributed by atoms with Gasteiger partial charge in [0.05, 0.1) is 15.5 Å². The molecule has 2 rings (SSSR count). The third-order valence-electron chi connectivity index (χ3n) is 3.52. The van der Waals surface area contributed by atoms with E-state index >= 15 is 0 Å². The summed E-state index contributed by atoms with van der Waals surface area (Å²) in [5, 5.41) is 16.8. The Morgan fingerprint density at radius 3 is 2.54 bits per heavy atom. The highest BCUT2D eigenvalue weighted by Gasteiger charge is 2.18. The predicted molar refractivity (Wildman–Crippen MR) is 94.6 cm³/mol. The molecule has 0 bridgehead atoms. The number of aryl methyl sites for hydroxylation is 1. The number of nitro benzene ring substituents is 1.